The summed E-state index contributed by atoms with van der Waals surface area (Å²) < 4.78 is 0. The van der Waals surface area contributed by atoms with Crippen LogP contribution in [0.3, 0.4) is 0 Å². The fourth-order valence-electron chi connectivity index (χ4n) is 2.56. The highest BCUT2D eigenvalue weighted by molar-refractivity contribution is 5.94. The Morgan fingerprint density at radius 3 is 2.45 bits per heavy atom. The molecule has 5 nitrogen and oxygen atoms in total. The van der Waals surface area contributed by atoms with Crippen LogP contribution in [0.1, 0.15) is 17.3 Å². The minimum absolute atomic E-state index is 0.00253. The average molecular weight is 301 g/mol. The lowest BCUT2D eigenvalue weighted by atomic mass is 10.1. The molecule has 0 unspecified atom stereocenters. The van der Waals surface area contributed by atoms with Gasteiger partial charge in [-0.3, -0.25) is 14.5 Å². The molecule has 0 spiro atoms. The number of benzene rings is 1. The van der Waals surface area contributed by atoms with Gasteiger partial charge in [-0.1, -0.05) is 24.3 Å². The van der Waals surface area contributed by atoms with Gasteiger partial charge in [-0.25, -0.2) is 0 Å². The van der Waals surface area contributed by atoms with E-state index >= 15 is 0 Å². The van der Waals surface area contributed by atoms with Crippen molar-refractivity contribution in [2.45, 2.75) is 13.0 Å². The molecule has 2 amide bonds. The maximum atomic E-state index is 12.4. The molecule has 1 aromatic rings. The molecular formula is C17H23N3O2. The van der Waals surface area contributed by atoms with Gasteiger partial charge in [0.25, 0.3) is 5.91 Å². The lowest BCUT2D eigenvalue weighted by Crippen LogP contribution is -2.55. The van der Waals surface area contributed by atoms with E-state index in [4.69, 9.17) is 0 Å². The molecule has 1 aliphatic heterocycles. The first-order valence-corrected chi connectivity index (χ1v) is 7.60. The first-order chi connectivity index (χ1) is 10.6. The molecule has 1 saturated heterocycles. The fraction of sp³-hybridized carbons (Fsp3) is 0.412. The summed E-state index contributed by atoms with van der Waals surface area (Å²) in [5.74, 6) is 0.0618. The zero-order chi connectivity index (χ0) is 15.9. The van der Waals surface area contributed by atoms with Gasteiger partial charge in [-0.2, -0.15) is 0 Å². The molecule has 1 fully saturated rings. The predicted molar refractivity (Wildman–Crippen MR) is 86.6 cm³/mol. The number of rotatable bonds is 5. The van der Waals surface area contributed by atoms with Crippen LogP contribution in [0.25, 0.3) is 0 Å². The SMILES string of the molecule is C=CCNC(=O)[C@H](C)N1CCN(C(=O)c2ccccc2)CC1. The van der Waals surface area contributed by atoms with E-state index in [-0.39, 0.29) is 17.9 Å². The third kappa shape index (κ3) is 3.95. The largest absolute Gasteiger partial charge is 0.351 e. The molecule has 1 N–H and O–H groups in total. The van der Waals surface area contributed by atoms with Crippen LogP contribution >= 0.6 is 0 Å². The van der Waals surface area contributed by atoms with Crippen LogP contribution in [0, 0.1) is 0 Å². The highest BCUT2D eigenvalue weighted by atomic mass is 16.2. The van der Waals surface area contributed by atoms with Crippen molar-refractivity contribution in [1.82, 2.24) is 15.1 Å². The van der Waals surface area contributed by atoms with Gasteiger partial charge in [-0.15, -0.1) is 6.58 Å². The number of nitrogens with zero attached hydrogens (tertiary/aromatic N) is 2. The van der Waals surface area contributed by atoms with Crippen molar-refractivity contribution in [3.8, 4) is 0 Å². The molecule has 22 heavy (non-hydrogen) atoms. The van der Waals surface area contributed by atoms with Gasteiger partial charge in [0.1, 0.15) is 0 Å². The first kappa shape index (κ1) is 16.2. The first-order valence-electron chi connectivity index (χ1n) is 7.60. The third-order valence-corrected chi connectivity index (χ3v) is 3.97. The van der Waals surface area contributed by atoms with E-state index in [0.29, 0.717) is 38.3 Å². The summed E-state index contributed by atoms with van der Waals surface area (Å²) in [6.07, 6.45) is 1.67. The van der Waals surface area contributed by atoms with E-state index in [0.717, 1.165) is 0 Å². The third-order valence-electron chi connectivity index (χ3n) is 3.97. The second-order valence-corrected chi connectivity index (χ2v) is 5.40. The van der Waals surface area contributed by atoms with Crippen LogP contribution in [0.4, 0.5) is 0 Å². The van der Waals surface area contributed by atoms with E-state index in [1.165, 1.54) is 0 Å². The summed E-state index contributed by atoms with van der Waals surface area (Å²) >= 11 is 0. The van der Waals surface area contributed by atoms with Gasteiger partial charge >= 0.3 is 0 Å². The Labute approximate surface area is 131 Å². The summed E-state index contributed by atoms with van der Waals surface area (Å²) in [6.45, 7) is 8.68. The summed E-state index contributed by atoms with van der Waals surface area (Å²) in [5.41, 5.74) is 0.715. The maximum Gasteiger partial charge on any atom is 0.253 e. The molecular weight excluding hydrogens is 278 g/mol. The van der Waals surface area contributed by atoms with Crippen LogP contribution in [0.15, 0.2) is 43.0 Å². The van der Waals surface area contributed by atoms with Crippen molar-refractivity contribution < 1.29 is 9.59 Å². The molecule has 1 aromatic carbocycles. The highest BCUT2D eigenvalue weighted by Crippen LogP contribution is 2.10. The van der Waals surface area contributed by atoms with Crippen LogP contribution in [-0.4, -0.2) is 60.4 Å². The summed E-state index contributed by atoms with van der Waals surface area (Å²) in [4.78, 5) is 28.3. The fourth-order valence-corrected chi connectivity index (χ4v) is 2.56. The van der Waals surface area contributed by atoms with Crippen molar-refractivity contribution in [2.75, 3.05) is 32.7 Å². The number of amides is 2. The number of carbonyl (C=O) groups is 2. The van der Waals surface area contributed by atoms with Crippen molar-refractivity contribution >= 4 is 11.8 Å². The number of hydrogen-bond acceptors (Lipinski definition) is 3. The number of carbonyl (C=O) groups excluding carboxylic acids is 2. The maximum absolute atomic E-state index is 12.4. The Balaban J connectivity index is 1.86. The van der Waals surface area contributed by atoms with Gasteiger partial charge in [-0.05, 0) is 19.1 Å². The molecule has 0 saturated carbocycles. The predicted octanol–water partition coefficient (Wildman–Crippen LogP) is 1.14. The van der Waals surface area contributed by atoms with Crippen LogP contribution in [-0.2, 0) is 4.79 Å². The van der Waals surface area contributed by atoms with Gasteiger partial charge in [0, 0.05) is 38.3 Å². The summed E-state index contributed by atoms with van der Waals surface area (Å²) in [5, 5.41) is 2.81. The quantitative estimate of drug-likeness (QED) is 0.830. The van der Waals surface area contributed by atoms with E-state index < -0.39 is 0 Å². The molecule has 1 heterocycles. The van der Waals surface area contributed by atoms with Crippen LogP contribution < -0.4 is 5.32 Å². The summed E-state index contributed by atoms with van der Waals surface area (Å²) in [7, 11) is 0. The molecule has 0 aliphatic carbocycles. The van der Waals surface area contributed by atoms with Crippen LogP contribution in [0.2, 0.25) is 0 Å². The molecule has 2 rings (SSSR count). The number of nitrogens with one attached hydrogen (secondary N) is 1. The van der Waals surface area contributed by atoms with E-state index in [9.17, 15) is 9.59 Å². The minimum atomic E-state index is -0.186. The average Bonchev–Trinajstić information content (AvgIpc) is 2.59. The van der Waals surface area contributed by atoms with Gasteiger partial charge in [0.05, 0.1) is 6.04 Å². The topological polar surface area (TPSA) is 52.7 Å². The number of piperazine rings is 1. The normalized spacial score (nSPS) is 16.9. The molecule has 0 radical (unpaired) electrons. The molecule has 0 bridgehead atoms. The monoisotopic (exact) mass is 301 g/mol. The van der Waals surface area contributed by atoms with Crippen molar-refractivity contribution in [1.29, 1.82) is 0 Å². The van der Waals surface area contributed by atoms with Gasteiger partial charge in [0.2, 0.25) is 5.91 Å². The molecule has 1 atom stereocenters. The molecule has 118 valence electrons. The second-order valence-electron chi connectivity index (χ2n) is 5.40. The molecule has 5 heteroatoms. The Kier molecular flexibility index (Phi) is 5.72. The Morgan fingerprint density at radius 1 is 1.23 bits per heavy atom. The smallest absolute Gasteiger partial charge is 0.253 e. The van der Waals surface area contributed by atoms with E-state index in [1.807, 2.05) is 42.2 Å². The minimum Gasteiger partial charge on any atom is -0.351 e. The highest BCUT2D eigenvalue weighted by Gasteiger charge is 2.27. The Morgan fingerprint density at radius 2 is 1.86 bits per heavy atom. The number of hydrogen-bond donors (Lipinski definition) is 1. The molecule has 1 aliphatic rings. The lowest BCUT2D eigenvalue weighted by Gasteiger charge is -2.37. The van der Waals surface area contributed by atoms with Crippen molar-refractivity contribution in [3.05, 3.63) is 48.6 Å². The van der Waals surface area contributed by atoms with E-state index in [1.54, 1.807) is 6.08 Å². The van der Waals surface area contributed by atoms with E-state index in [2.05, 4.69) is 16.8 Å². The van der Waals surface area contributed by atoms with Gasteiger partial charge in [0.15, 0.2) is 0 Å². The zero-order valence-corrected chi connectivity index (χ0v) is 13.0. The Bertz CT molecular complexity index is 522. The Hall–Kier alpha value is -2.14. The van der Waals surface area contributed by atoms with Crippen molar-refractivity contribution in [2.24, 2.45) is 0 Å². The molecule has 0 aromatic heterocycles. The lowest BCUT2D eigenvalue weighted by molar-refractivity contribution is -0.126. The second kappa shape index (κ2) is 7.75. The van der Waals surface area contributed by atoms with Crippen molar-refractivity contribution in [3.63, 3.8) is 0 Å². The summed E-state index contributed by atoms with van der Waals surface area (Å²) in [6, 6.07) is 9.12. The standard InChI is InChI=1S/C17H23N3O2/c1-3-9-18-16(21)14(2)19-10-12-20(13-11-19)17(22)15-7-5-4-6-8-15/h3-8,14H,1,9-13H2,2H3,(H,18,21)/t14-/m0/s1. The van der Waals surface area contributed by atoms with Crippen LogP contribution in [0.5, 0.6) is 0 Å². The van der Waals surface area contributed by atoms with Gasteiger partial charge < -0.3 is 10.2 Å². The zero-order valence-electron chi connectivity index (χ0n) is 13.0.